The summed E-state index contributed by atoms with van der Waals surface area (Å²) in [6.45, 7) is 0.289. The Morgan fingerprint density at radius 3 is 1.16 bits per heavy atom. The number of methoxy groups -OCH3 is 4. The number of aromatic nitrogens is 5. The van der Waals surface area contributed by atoms with Gasteiger partial charge in [0, 0.05) is 61.6 Å². The number of carbonyl (C=O) groups is 5. The second kappa shape index (κ2) is 37.7. The number of aromatic hydroxyl groups is 2. The smallest absolute Gasteiger partial charge is 0.508 e. The molecule has 5 aromatic heterocycles. The first kappa shape index (κ1) is 79.5. The van der Waals surface area contributed by atoms with Crippen molar-refractivity contribution in [3.63, 3.8) is 0 Å². The number of esters is 4. The van der Waals surface area contributed by atoms with E-state index >= 15 is 0 Å². The number of phenols is 2. The van der Waals surface area contributed by atoms with E-state index in [9.17, 15) is 51.4 Å². The molecule has 0 aliphatic rings. The molecule has 0 aliphatic heterocycles. The fourth-order valence-electron chi connectivity index (χ4n) is 8.75. The third-order valence-corrected chi connectivity index (χ3v) is 16.5. The Morgan fingerprint density at radius 1 is 0.465 bits per heavy atom. The number of ether oxygens (including phenoxy) is 4. The summed E-state index contributed by atoms with van der Waals surface area (Å²) in [5.74, 6) is -2.44. The molecule has 0 atom stereocenters. The molecule has 0 amide bonds. The zero-order valence-corrected chi connectivity index (χ0v) is 57.0. The summed E-state index contributed by atoms with van der Waals surface area (Å²) in [6, 6.07) is 50.2. The summed E-state index contributed by atoms with van der Waals surface area (Å²) in [7, 11) is -0.390. The third kappa shape index (κ3) is 23.6. The molecule has 101 heavy (non-hydrogen) atoms. The van der Waals surface area contributed by atoms with Crippen molar-refractivity contribution in [2.45, 2.75) is 19.6 Å². The van der Waals surface area contributed by atoms with Crippen LogP contribution in [0.4, 0.5) is 13.2 Å². The quantitative estimate of drug-likeness (QED) is 0.00767. The summed E-state index contributed by atoms with van der Waals surface area (Å²) in [4.78, 5) is 91.4. The molecule has 0 saturated heterocycles. The molecule has 12 rings (SSSR count). The lowest BCUT2D eigenvalue weighted by Gasteiger charge is -2.19. The van der Waals surface area contributed by atoms with Crippen LogP contribution in [0.5, 0.6) is 17.2 Å². The van der Waals surface area contributed by atoms with Crippen LogP contribution in [0.15, 0.2) is 182 Å². The number of hydrogen-bond acceptors (Lipinski definition) is 21. The lowest BCUT2D eigenvalue weighted by atomic mass is 10.2. The number of rotatable bonds is 17. The fraction of sp³-hybridized carbons (Fsp3) is 0.136. The molecule has 28 nitrogen and oxygen atoms in total. The zero-order chi connectivity index (χ0) is 74.0. The molecule has 12 aromatic rings. The standard InChI is InChI=1S/C24H22NO5P.C11H8F3NO5S.C10H10NO5P.C10H9NO3.C9H7NO3.CH3ClO.CH4O/c1-28-24(26)23-15-20-14-21(12-13-22(20)25-23)31(27,29-16-18-8-4-2-5-9-18)30-17-19-10-6-3-7-11-19;1-17-10(16)9-5-6-4-7(2-3-8(6)15-9)18-21-20-19-11(12,13)14;1-16-10(12)9-5-6-4-7(17(13,14)15)2-3-8(6)11-9;1-14-10(13)9-5-6-4-7(12)2-3-8(6)11-9;11-6-1-2-7-5(3-6)4-8(10-7)9(12)13;1-3-2;1-2/h2-15,25H,16-17H2,1H3;2-5,15H,1H3;2-5,11H,1H3,(H2,13,14,15);2-5,11-12H,1H3;1-4,10-11H,(H,12,13);1H3;2H,1H3. The van der Waals surface area contributed by atoms with Crippen molar-refractivity contribution in [2.75, 3.05) is 42.7 Å². The lowest BCUT2D eigenvalue weighted by molar-refractivity contribution is -0.441. The molecule has 0 radical (unpaired) electrons. The minimum absolute atomic E-state index is 0.0153. The summed E-state index contributed by atoms with van der Waals surface area (Å²) in [6.07, 6.45) is -4.91. The van der Waals surface area contributed by atoms with Crippen LogP contribution >= 0.6 is 39.4 Å². The molecule has 7 aromatic carbocycles. The van der Waals surface area contributed by atoms with E-state index < -0.39 is 51.4 Å². The van der Waals surface area contributed by atoms with Crippen molar-refractivity contribution in [3.8, 4) is 17.2 Å². The number of carbonyl (C=O) groups excluding carboxylic acids is 4. The number of benzene rings is 7. The van der Waals surface area contributed by atoms with Crippen LogP contribution < -0.4 is 14.8 Å². The molecular formula is C66H63ClF3N5O23P2S. The highest BCUT2D eigenvalue weighted by molar-refractivity contribution is 7.90. The van der Waals surface area contributed by atoms with Gasteiger partial charge in [-0.15, -0.1) is 22.4 Å². The average molecular weight is 1480 g/mol. The summed E-state index contributed by atoms with van der Waals surface area (Å²) < 4.78 is 102. The van der Waals surface area contributed by atoms with E-state index in [4.69, 9.17) is 43.1 Å². The molecule has 0 fully saturated rings. The zero-order valence-electron chi connectivity index (χ0n) is 53.7. The maximum atomic E-state index is 13.9. The Bertz CT molecular complexity index is 4800. The molecular weight excluding hydrogens is 1420 g/mol. The van der Waals surface area contributed by atoms with Gasteiger partial charge < -0.3 is 87.3 Å². The molecule has 0 unspecified atom stereocenters. The first-order valence-corrected chi connectivity index (χ1v) is 32.8. The Hall–Kier alpha value is -10.4. The van der Waals surface area contributed by atoms with Crippen molar-refractivity contribution in [1.29, 1.82) is 0 Å². The topological polar surface area (TPSA) is 412 Å². The van der Waals surface area contributed by atoms with Crippen LogP contribution in [0.3, 0.4) is 0 Å². The Labute approximate surface area is 579 Å². The number of aliphatic hydroxyl groups excluding tert-OH is 1. The highest BCUT2D eigenvalue weighted by atomic mass is 35.5. The van der Waals surface area contributed by atoms with Gasteiger partial charge in [-0.25, -0.2) is 24.0 Å². The number of aromatic amines is 5. The highest BCUT2D eigenvalue weighted by Gasteiger charge is 2.32. The normalized spacial score (nSPS) is 10.9. The van der Waals surface area contributed by atoms with Gasteiger partial charge in [-0.05, 0) is 132 Å². The minimum Gasteiger partial charge on any atom is -0.508 e. The number of fused-ring (bicyclic) bond motifs is 5. The predicted octanol–water partition coefficient (Wildman–Crippen LogP) is 13.0. The molecule has 0 spiro atoms. The minimum atomic E-state index is -4.91. The monoisotopic (exact) mass is 1480 g/mol. The number of aliphatic hydroxyl groups is 1. The van der Waals surface area contributed by atoms with Crippen LogP contribution in [-0.4, -0.2) is 134 Å². The van der Waals surface area contributed by atoms with Gasteiger partial charge in [0.05, 0.1) is 71.2 Å². The number of nitrogens with one attached hydrogen (secondary N) is 5. The summed E-state index contributed by atoms with van der Waals surface area (Å²) in [5, 5.41) is 37.7. The average Bonchev–Trinajstić information content (AvgIpc) is 1.74. The molecule has 11 N–H and O–H groups in total. The van der Waals surface area contributed by atoms with Gasteiger partial charge in [0.1, 0.15) is 45.7 Å². The summed E-state index contributed by atoms with van der Waals surface area (Å²) in [5.41, 5.74) is 6.57. The molecule has 534 valence electrons. The van der Waals surface area contributed by atoms with E-state index in [1.807, 2.05) is 60.7 Å². The molecule has 0 bridgehead atoms. The highest BCUT2D eigenvalue weighted by Crippen LogP contribution is 2.49. The number of hydrogen-bond donors (Lipinski definition) is 11. The third-order valence-electron chi connectivity index (χ3n) is 13.3. The van der Waals surface area contributed by atoms with Gasteiger partial charge in [-0.3, -0.25) is 13.4 Å². The van der Waals surface area contributed by atoms with E-state index in [0.717, 1.165) is 34.7 Å². The van der Waals surface area contributed by atoms with Crippen LogP contribution in [0.2, 0.25) is 0 Å². The van der Waals surface area contributed by atoms with Gasteiger partial charge in [-0.1, -0.05) is 60.7 Å². The van der Waals surface area contributed by atoms with Gasteiger partial charge >= 0.3 is 51.4 Å². The molecule has 0 saturated carbocycles. The Kier molecular flexibility index (Phi) is 29.7. The van der Waals surface area contributed by atoms with E-state index in [2.05, 4.69) is 64.5 Å². The Morgan fingerprint density at radius 2 is 0.792 bits per heavy atom. The second-order valence-electron chi connectivity index (χ2n) is 20.0. The van der Waals surface area contributed by atoms with Crippen LogP contribution in [0, 0.1) is 0 Å². The maximum absolute atomic E-state index is 13.9. The number of alkyl halides is 3. The molecule has 0 aliphatic carbocycles. The molecule has 5 heterocycles. The van der Waals surface area contributed by atoms with E-state index in [0.29, 0.717) is 54.8 Å². The van der Waals surface area contributed by atoms with Gasteiger partial charge in [0.2, 0.25) is 0 Å². The summed E-state index contributed by atoms with van der Waals surface area (Å²) >= 11 is 4.51. The van der Waals surface area contributed by atoms with Crippen molar-refractivity contribution in [2.24, 2.45) is 0 Å². The van der Waals surface area contributed by atoms with Crippen molar-refractivity contribution >= 4 is 134 Å². The molecule has 35 heteroatoms. The van der Waals surface area contributed by atoms with Crippen molar-refractivity contribution in [3.05, 3.63) is 222 Å². The number of carboxylic acids is 1. The number of H-pyrrole nitrogens is 5. The lowest BCUT2D eigenvalue weighted by Crippen LogP contribution is -2.11. The number of carboxylic acid groups (broad SMARTS) is 1. The van der Waals surface area contributed by atoms with Crippen LogP contribution in [0.1, 0.15) is 63.6 Å². The predicted molar refractivity (Wildman–Crippen MR) is 366 cm³/mol. The first-order valence-electron chi connectivity index (χ1n) is 28.6. The second-order valence-corrected chi connectivity index (χ2v) is 24.4. The SMILES string of the molecule is CO.COC(=O)c1cc2cc(O)ccc2[nH]1.COC(=O)c1cc2cc(OSOOC(F)(F)F)ccc2[nH]1.COC(=O)c1cc2cc(P(=O)(O)O)ccc2[nH]1.COC(=O)c1cc2cc(P(=O)(OCc3ccccc3)OCc3ccccc3)ccc2[nH]1.COCl.O=C(O)c1cc2cc(O)ccc2[nH]1. The van der Waals surface area contributed by atoms with E-state index in [1.165, 1.54) is 96.2 Å². The van der Waals surface area contributed by atoms with E-state index in [1.54, 1.807) is 60.7 Å². The van der Waals surface area contributed by atoms with Gasteiger partial charge in [-0.2, -0.15) is 0 Å². The number of halogens is 4. The van der Waals surface area contributed by atoms with Crippen molar-refractivity contribution in [1.82, 2.24) is 24.9 Å². The maximum Gasteiger partial charge on any atom is 0.550 e. The largest absolute Gasteiger partial charge is 0.550 e. The number of phenolic OH excluding ortho intramolecular Hbond substituents is 2. The van der Waals surface area contributed by atoms with Crippen LogP contribution in [0.25, 0.3) is 54.5 Å². The fourth-order valence-corrected chi connectivity index (χ4v) is 11.2. The van der Waals surface area contributed by atoms with E-state index in [-0.39, 0.29) is 65.2 Å². The first-order chi connectivity index (χ1) is 48.2. The van der Waals surface area contributed by atoms with Gasteiger partial charge in [0.15, 0.2) is 0 Å². The Balaban J connectivity index is 0.000000202. The van der Waals surface area contributed by atoms with Crippen LogP contribution in [-0.2, 0) is 63.8 Å². The van der Waals surface area contributed by atoms with Gasteiger partial charge in [0.25, 0.3) is 12.3 Å². The van der Waals surface area contributed by atoms with Crippen molar-refractivity contribution < 1.29 is 122 Å². The number of aromatic carboxylic acids is 1.